The Bertz CT molecular complexity index is 1160. The highest BCUT2D eigenvalue weighted by Gasteiger charge is 2.22. The third-order valence-corrected chi connectivity index (χ3v) is 5.91. The molecule has 0 amide bonds. The molecule has 0 spiro atoms. The molecule has 144 valence electrons. The molecule has 4 aromatic rings. The second kappa shape index (κ2) is 6.63. The van der Waals surface area contributed by atoms with Crippen LogP contribution in [-0.4, -0.2) is 44.9 Å². The summed E-state index contributed by atoms with van der Waals surface area (Å²) in [5.74, 6) is 0.213. The molecule has 1 N–H and O–H groups in total. The first kappa shape index (κ1) is 17.3. The van der Waals surface area contributed by atoms with Gasteiger partial charge in [-0.15, -0.1) is 10.2 Å². The number of piperidine rings is 1. The Morgan fingerprint density at radius 2 is 2.14 bits per heavy atom. The maximum Gasteiger partial charge on any atom is 0.162 e. The predicted molar refractivity (Wildman–Crippen MR) is 110 cm³/mol. The molecular weight excluding hydrogens is 352 g/mol. The fourth-order valence-corrected chi connectivity index (χ4v) is 4.45. The molecule has 6 nitrogen and oxygen atoms in total. The van der Waals surface area contributed by atoms with Crippen LogP contribution in [0.5, 0.6) is 5.75 Å². The predicted octanol–water partition coefficient (Wildman–Crippen LogP) is 4.38. The van der Waals surface area contributed by atoms with Gasteiger partial charge in [-0.3, -0.25) is 0 Å². The summed E-state index contributed by atoms with van der Waals surface area (Å²) in [6.07, 6.45) is 6.85. The van der Waals surface area contributed by atoms with E-state index in [1.807, 2.05) is 12.1 Å². The summed E-state index contributed by atoms with van der Waals surface area (Å²) in [4.78, 5) is 2.37. The Kier molecular flexibility index (Phi) is 4.09. The summed E-state index contributed by atoms with van der Waals surface area (Å²) in [6.45, 7) is 4.25. The number of benzene rings is 1. The molecular formula is C22H24N4O2. The van der Waals surface area contributed by atoms with Crippen LogP contribution in [0.2, 0.25) is 0 Å². The second-order valence-electron chi connectivity index (χ2n) is 7.74. The summed E-state index contributed by atoms with van der Waals surface area (Å²) < 4.78 is 7.73. The van der Waals surface area contributed by atoms with Gasteiger partial charge in [-0.1, -0.05) is 6.92 Å². The molecule has 1 aliphatic heterocycles. The van der Waals surface area contributed by atoms with Crippen molar-refractivity contribution in [2.24, 2.45) is 0 Å². The molecule has 1 saturated heterocycles. The number of aryl methyl sites for hydroxylation is 1. The van der Waals surface area contributed by atoms with Crippen LogP contribution in [0, 0.1) is 0 Å². The summed E-state index contributed by atoms with van der Waals surface area (Å²) in [7, 11) is 2.17. The van der Waals surface area contributed by atoms with Crippen LogP contribution in [0.4, 0.5) is 0 Å². The number of likely N-dealkylation sites (N-methyl/N-ethyl adjacent to an activating group) is 1. The second-order valence-corrected chi connectivity index (χ2v) is 7.74. The van der Waals surface area contributed by atoms with E-state index in [9.17, 15) is 5.11 Å². The van der Waals surface area contributed by atoms with Gasteiger partial charge in [0.15, 0.2) is 5.65 Å². The first-order chi connectivity index (χ1) is 13.7. The van der Waals surface area contributed by atoms with E-state index in [2.05, 4.69) is 45.9 Å². The topological polar surface area (TPSA) is 67.3 Å². The molecule has 1 fully saturated rings. The van der Waals surface area contributed by atoms with Gasteiger partial charge in [0.05, 0.1) is 17.3 Å². The molecule has 5 rings (SSSR count). The Morgan fingerprint density at radius 1 is 1.25 bits per heavy atom. The Balaban J connectivity index is 1.61. The van der Waals surface area contributed by atoms with Gasteiger partial charge in [0.2, 0.25) is 0 Å². The smallest absolute Gasteiger partial charge is 0.162 e. The number of phenols is 1. The van der Waals surface area contributed by atoms with E-state index < -0.39 is 0 Å². The zero-order chi connectivity index (χ0) is 19.3. The van der Waals surface area contributed by atoms with E-state index in [4.69, 9.17) is 4.42 Å². The third kappa shape index (κ3) is 2.67. The van der Waals surface area contributed by atoms with E-state index in [0.29, 0.717) is 22.7 Å². The molecule has 0 unspecified atom stereocenters. The number of aromatic hydroxyl groups is 1. The summed E-state index contributed by atoms with van der Waals surface area (Å²) in [5.41, 5.74) is 4.05. The van der Waals surface area contributed by atoms with Crippen LogP contribution in [0.25, 0.3) is 33.3 Å². The molecule has 1 aliphatic rings. The summed E-state index contributed by atoms with van der Waals surface area (Å²) >= 11 is 0. The number of hydrogen-bond donors (Lipinski definition) is 1. The lowest BCUT2D eigenvalue weighted by Gasteiger charge is -2.30. The number of fused-ring (bicyclic) bond motifs is 2. The van der Waals surface area contributed by atoms with Gasteiger partial charge in [0.25, 0.3) is 0 Å². The van der Waals surface area contributed by atoms with Gasteiger partial charge in [-0.2, -0.15) is 0 Å². The van der Waals surface area contributed by atoms with Crippen molar-refractivity contribution in [3.8, 4) is 17.0 Å². The molecule has 0 aliphatic carbocycles. The normalized spacial score (nSPS) is 18.3. The minimum atomic E-state index is 0.213. The highest BCUT2D eigenvalue weighted by molar-refractivity contribution is 5.94. The molecule has 0 bridgehead atoms. The van der Waals surface area contributed by atoms with Gasteiger partial charge in [0, 0.05) is 29.7 Å². The van der Waals surface area contributed by atoms with Gasteiger partial charge < -0.3 is 19.0 Å². The van der Waals surface area contributed by atoms with Crippen molar-refractivity contribution in [1.29, 1.82) is 0 Å². The third-order valence-electron chi connectivity index (χ3n) is 5.91. The SMILES string of the molecule is CCc1cc2occc2c(O)c1-c1cc2ccn([C@@H]3CCCN(C)C3)c2nn1. The highest BCUT2D eigenvalue weighted by atomic mass is 16.3. The quantitative estimate of drug-likeness (QED) is 0.575. The fraction of sp³-hybridized carbons (Fsp3) is 0.364. The Labute approximate surface area is 163 Å². The lowest BCUT2D eigenvalue weighted by atomic mass is 9.98. The monoisotopic (exact) mass is 376 g/mol. The van der Waals surface area contributed by atoms with E-state index in [-0.39, 0.29) is 5.75 Å². The number of hydrogen-bond acceptors (Lipinski definition) is 5. The molecule has 0 radical (unpaired) electrons. The molecule has 0 saturated carbocycles. The molecule has 1 aromatic carbocycles. The molecule has 6 heteroatoms. The maximum atomic E-state index is 10.9. The van der Waals surface area contributed by atoms with Gasteiger partial charge in [0.1, 0.15) is 11.3 Å². The molecule has 1 atom stereocenters. The fourth-order valence-electron chi connectivity index (χ4n) is 4.45. The number of phenolic OH excluding ortho intramolecular Hbond substituents is 1. The van der Waals surface area contributed by atoms with Gasteiger partial charge in [-0.25, -0.2) is 0 Å². The number of likely N-dealkylation sites (tertiary alicyclic amines) is 1. The minimum absolute atomic E-state index is 0.213. The van der Waals surface area contributed by atoms with Crippen molar-refractivity contribution < 1.29 is 9.52 Å². The number of rotatable bonds is 3. The van der Waals surface area contributed by atoms with Crippen LogP contribution in [-0.2, 0) is 6.42 Å². The molecule has 4 heterocycles. The van der Waals surface area contributed by atoms with Crippen LogP contribution in [0.3, 0.4) is 0 Å². The van der Waals surface area contributed by atoms with Gasteiger partial charge in [-0.05, 0) is 62.7 Å². The van der Waals surface area contributed by atoms with E-state index in [1.165, 1.54) is 6.42 Å². The summed E-state index contributed by atoms with van der Waals surface area (Å²) in [5, 5.41) is 21.7. The van der Waals surface area contributed by atoms with E-state index >= 15 is 0 Å². The van der Waals surface area contributed by atoms with E-state index in [1.54, 1.807) is 12.3 Å². The van der Waals surface area contributed by atoms with Crippen LogP contribution in [0.1, 0.15) is 31.4 Å². The van der Waals surface area contributed by atoms with Crippen molar-refractivity contribution in [2.45, 2.75) is 32.2 Å². The largest absolute Gasteiger partial charge is 0.506 e. The first-order valence-corrected chi connectivity index (χ1v) is 9.91. The number of aromatic nitrogens is 3. The van der Waals surface area contributed by atoms with Crippen molar-refractivity contribution >= 4 is 22.0 Å². The number of nitrogens with zero attached hydrogens (tertiary/aromatic N) is 4. The first-order valence-electron chi connectivity index (χ1n) is 9.91. The lowest BCUT2D eigenvalue weighted by molar-refractivity contribution is 0.214. The zero-order valence-electron chi connectivity index (χ0n) is 16.2. The average molecular weight is 376 g/mol. The molecule has 28 heavy (non-hydrogen) atoms. The Hall–Kier alpha value is -2.86. The number of furan rings is 1. The van der Waals surface area contributed by atoms with Gasteiger partial charge >= 0.3 is 0 Å². The highest BCUT2D eigenvalue weighted by Crippen LogP contribution is 2.39. The maximum absolute atomic E-state index is 10.9. The zero-order valence-corrected chi connectivity index (χ0v) is 16.2. The van der Waals surface area contributed by atoms with Crippen molar-refractivity contribution in [3.63, 3.8) is 0 Å². The summed E-state index contributed by atoms with van der Waals surface area (Å²) in [6, 6.07) is 8.33. The van der Waals surface area contributed by atoms with Crippen molar-refractivity contribution in [3.05, 3.63) is 42.3 Å². The Morgan fingerprint density at radius 3 is 2.96 bits per heavy atom. The van der Waals surface area contributed by atoms with E-state index in [0.717, 1.165) is 48.1 Å². The minimum Gasteiger partial charge on any atom is -0.506 e. The van der Waals surface area contributed by atoms with Crippen molar-refractivity contribution in [2.75, 3.05) is 20.1 Å². The van der Waals surface area contributed by atoms with Crippen LogP contribution in [0.15, 0.2) is 41.1 Å². The average Bonchev–Trinajstić information content (AvgIpc) is 3.34. The van der Waals surface area contributed by atoms with Crippen LogP contribution >= 0.6 is 0 Å². The standard InChI is InChI=1S/C22H24N4O2/c1-3-14-12-19-17(7-10-28-19)21(27)20(14)18-11-15-6-9-26(22(15)24-23-18)16-5-4-8-25(2)13-16/h6-7,9-12,16,27H,3-5,8,13H2,1-2H3/t16-/m1/s1. The van der Waals surface area contributed by atoms with Crippen molar-refractivity contribution in [1.82, 2.24) is 19.7 Å². The van der Waals surface area contributed by atoms with Crippen LogP contribution < -0.4 is 0 Å². The molecule has 3 aromatic heterocycles. The lowest BCUT2D eigenvalue weighted by Crippen LogP contribution is -2.33.